The lowest BCUT2D eigenvalue weighted by Gasteiger charge is -2.36. The van der Waals surface area contributed by atoms with Gasteiger partial charge in [-0.3, -0.25) is 9.69 Å². The number of para-hydroxylation sites is 1. The minimum absolute atomic E-state index is 0.298. The van der Waals surface area contributed by atoms with Crippen molar-refractivity contribution in [2.24, 2.45) is 0 Å². The lowest BCUT2D eigenvalue weighted by molar-refractivity contribution is -0.113. The largest absolute Gasteiger partial charge is 0.326 e. The number of allylic oxidation sites excluding steroid dienone is 1. The number of amides is 3. The van der Waals surface area contributed by atoms with Crippen molar-refractivity contribution in [2.75, 3.05) is 10.2 Å². The van der Waals surface area contributed by atoms with Crippen molar-refractivity contribution in [1.82, 2.24) is 5.32 Å². The van der Waals surface area contributed by atoms with Crippen molar-refractivity contribution in [3.05, 3.63) is 106 Å². The van der Waals surface area contributed by atoms with Gasteiger partial charge in [0.2, 0.25) is 0 Å². The maximum Gasteiger partial charge on any atom is 0.326 e. The average Bonchev–Trinajstić information content (AvgIpc) is 2.81. The molecule has 0 unspecified atom stereocenters. The number of hydrogen-bond acceptors (Lipinski definition) is 3. The number of benzene rings is 3. The van der Waals surface area contributed by atoms with Gasteiger partial charge < -0.3 is 10.6 Å². The van der Waals surface area contributed by atoms with Crippen molar-refractivity contribution in [3.63, 3.8) is 0 Å². The molecule has 164 valence electrons. The molecule has 33 heavy (non-hydrogen) atoms. The molecule has 6 heteroatoms. The maximum absolute atomic E-state index is 13.6. The van der Waals surface area contributed by atoms with E-state index in [1.165, 1.54) is 4.90 Å². The zero-order valence-electron chi connectivity index (χ0n) is 18.7. The Morgan fingerprint density at radius 1 is 0.970 bits per heavy atom. The number of nitriles is 1. The van der Waals surface area contributed by atoms with Crippen molar-refractivity contribution in [3.8, 4) is 6.07 Å². The molecule has 2 N–H and O–H groups in total. The Labute approximate surface area is 193 Å². The third kappa shape index (κ3) is 4.35. The predicted octanol–water partition coefficient (Wildman–Crippen LogP) is 5.36. The number of nitrogens with one attached hydrogen (secondary N) is 2. The fourth-order valence-corrected chi connectivity index (χ4v) is 3.94. The molecule has 4 rings (SSSR count). The molecule has 3 aromatic rings. The Morgan fingerprint density at radius 3 is 2.27 bits per heavy atom. The van der Waals surface area contributed by atoms with E-state index in [4.69, 9.17) is 5.26 Å². The van der Waals surface area contributed by atoms with Crippen LogP contribution in [0.2, 0.25) is 0 Å². The van der Waals surface area contributed by atoms with Crippen molar-refractivity contribution < 1.29 is 9.59 Å². The van der Waals surface area contributed by atoms with Crippen molar-refractivity contribution >= 4 is 23.3 Å². The van der Waals surface area contributed by atoms with E-state index in [9.17, 15) is 9.59 Å². The molecular formula is C27H24N4O2. The van der Waals surface area contributed by atoms with E-state index in [2.05, 4.69) is 16.7 Å². The molecule has 0 aliphatic carbocycles. The number of aryl methyl sites for hydroxylation is 2. The second kappa shape index (κ2) is 9.01. The zero-order chi connectivity index (χ0) is 23.5. The number of nitrogens with zero attached hydrogens (tertiary/aromatic N) is 2. The second-order valence-electron chi connectivity index (χ2n) is 8.06. The Kier molecular flexibility index (Phi) is 5.97. The summed E-state index contributed by atoms with van der Waals surface area (Å²) in [4.78, 5) is 28.3. The summed E-state index contributed by atoms with van der Waals surface area (Å²) in [6.07, 6.45) is 0. The van der Waals surface area contributed by atoms with Gasteiger partial charge in [-0.05, 0) is 62.2 Å². The number of carbonyl (C=O) groups excluding carboxylic acids is 2. The molecule has 0 bridgehead atoms. The molecule has 0 aromatic heterocycles. The zero-order valence-corrected chi connectivity index (χ0v) is 18.7. The van der Waals surface area contributed by atoms with Gasteiger partial charge in [-0.1, -0.05) is 48.0 Å². The number of hydrogen-bond donors (Lipinski definition) is 2. The van der Waals surface area contributed by atoms with Crippen molar-refractivity contribution in [2.45, 2.75) is 26.8 Å². The van der Waals surface area contributed by atoms with Gasteiger partial charge >= 0.3 is 6.03 Å². The van der Waals surface area contributed by atoms with Crippen LogP contribution >= 0.6 is 0 Å². The fourth-order valence-electron chi connectivity index (χ4n) is 3.94. The van der Waals surface area contributed by atoms with Crippen LogP contribution in [0.25, 0.3) is 0 Å². The highest BCUT2D eigenvalue weighted by Gasteiger charge is 2.36. The molecule has 1 aliphatic heterocycles. The third-order valence-electron chi connectivity index (χ3n) is 5.79. The number of urea groups is 1. The van der Waals surface area contributed by atoms with E-state index in [1.807, 2.05) is 62.4 Å². The first-order chi connectivity index (χ1) is 15.9. The van der Waals surface area contributed by atoms with Gasteiger partial charge in [0, 0.05) is 11.4 Å². The van der Waals surface area contributed by atoms with E-state index in [1.54, 1.807) is 31.2 Å². The van der Waals surface area contributed by atoms with Gasteiger partial charge in [-0.2, -0.15) is 5.26 Å². The molecular weight excluding hydrogens is 412 g/mol. The Hall–Kier alpha value is -4.37. The summed E-state index contributed by atoms with van der Waals surface area (Å²) in [7, 11) is 0. The van der Waals surface area contributed by atoms with Crippen molar-refractivity contribution in [1.29, 1.82) is 5.26 Å². The molecule has 0 radical (unpaired) electrons. The van der Waals surface area contributed by atoms with Crippen LogP contribution < -0.4 is 15.5 Å². The number of anilines is 2. The lowest BCUT2D eigenvalue weighted by atomic mass is 9.93. The molecule has 0 spiro atoms. The Bertz CT molecular complexity index is 1280. The summed E-state index contributed by atoms with van der Waals surface area (Å²) in [5, 5.41) is 15.1. The van der Waals surface area contributed by atoms with Crippen LogP contribution in [0.15, 0.2) is 84.1 Å². The smallest absolute Gasteiger partial charge is 0.326 e. The standard InChI is InChI=1S/C27H24N4O2/c1-17-8-14-22(15-9-17)31-19(3)24(26(32)29-23-7-5-4-6-18(23)2)25(30-27(31)33)21-12-10-20(16-28)11-13-21/h4-15,25H,1-3H3,(H,29,32)(H,30,33)/t25-/m0/s1. The van der Waals surface area contributed by atoms with Crippen LogP contribution in [-0.4, -0.2) is 11.9 Å². The first-order valence-electron chi connectivity index (χ1n) is 10.6. The van der Waals surface area contributed by atoms with Crippen LogP contribution in [0.4, 0.5) is 16.2 Å². The Balaban J connectivity index is 1.81. The average molecular weight is 437 g/mol. The summed E-state index contributed by atoms with van der Waals surface area (Å²) in [6, 6.07) is 23.1. The molecule has 0 saturated heterocycles. The Morgan fingerprint density at radius 2 is 1.64 bits per heavy atom. The maximum atomic E-state index is 13.6. The number of rotatable bonds is 4. The monoisotopic (exact) mass is 436 g/mol. The first-order valence-corrected chi connectivity index (χ1v) is 10.6. The van der Waals surface area contributed by atoms with Gasteiger partial charge in [0.15, 0.2) is 0 Å². The number of carbonyl (C=O) groups is 2. The molecule has 1 aliphatic rings. The van der Waals surface area contributed by atoms with E-state index >= 15 is 0 Å². The molecule has 3 aromatic carbocycles. The summed E-state index contributed by atoms with van der Waals surface area (Å²) in [6.45, 7) is 5.68. The molecule has 3 amide bonds. The van der Waals surface area contributed by atoms with Gasteiger partial charge in [0.1, 0.15) is 0 Å². The SMILES string of the molecule is CC1=C(C(=O)Nc2ccccc2C)[C@H](c2ccc(C#N)cc2)NC(=O)N1c1ccc(C)cc1. The van der Waals surface area contributed by atoms with Crippen LogP contribution in [0.1, 0.15) is 35.2 Å². The molecule has 6 nitrogen and oxygen atoms in total. The van der Waals surface area contributed by atoms with E-state index in [0.717, 1.165) is 16.7 Å². The second-order valence-corrected chi connectivity index (χ2v) is 8.06. The first kappa shape index (κ1) is 21.8. The van der Waals surface area contributed by atoms with E-state index in [-0.39, 0.29) is 11.9 Å². The molecule has 1 atom stereocenters. The summed E-state index contributed by atoms with van der Waals surface area (Å²) < 4.78 is 0. The molecule has 0 saturated carbocycles. The van der Waals surface area contributed by atoms with Gasteiger partial charge in [0.25, 0.3) is 5.91 Å². The topological polar surface area (TPSA) is 85.2 Å². The highest BCUT2D eigenvalue weighted by Crippen LogP contribution is 2.34. The third-order valence-corrected chi connectivity index (χ3v) is 5.79. The highest BCUT2D eigenvalue weighted by molar-refractivity contribution is 6.10. The van der Waals surface area contributed by atoms with Crippen LogP contribution in [-0.2, 0) is 4.79 Å². The summed E-state index contributed by atoms with van der Waals surface area (Å²) in [5.41, 5.74) is 5.61. The normalized spacial score (nSPS) is 15.6. The van der Waals surface area contributed by atoms with Gasteiger partial charge in [-0.15, -0.1) is 0 Å². The lowest BCUT2D eigenvalue weighted by Crippen LogP contribution is -2.48. The predicted molar refractivity (Wildman–Crippen MR) is 129 cm³/mol. The quantitative estimate of drug-likeness (QED) is 0.577. The highest BCUT2D eigenvalue weighted by atomic mass is 16.2. The van der Waals surface area contributed by atoms with Crippen LogP contribution in [0.3, 0.4) is 0 Å². The van der Waals surface area contributed by atoms with Crippen LogP contribution in [0, 0.1) is 25.2 Å². The molecule has 0 fully saturated rings. The van der Waals surface area contributed by atoms with Gasteiger partial charge in [0.05, 0.1) is 28.9 Å². The van der Waals surface area contributed by atoms with E-state index < -0.39 is 6.04 Å². The fraction of sp³-hybridized carbons (Fsp3) is 0.148. The summed E-state index contributed by atoms with van der Waals surface area (Å²) >= 11 is 0. The van der Waals surface area contributed by atoms with Gasteiger partial charge in [-0.25, -0.2) is 4.79 Å². The molecule has 1 heterocycles. The van der Waals surface area contributed by atoms with E-state index in [0.29, 0.717) is 28.2 Å². The summed E-state index contributed by atoms with van der Waals surface area (Å²) in [5.74, 6) is -0.298. The minimum atomic E-state index is -0.657. The van der Waals surface area contributed by atoms with Crippen LogP contribution in [0.5, 0.6) is 0 Å². The minimum Gasteiger partial charge on any atom is -0.326 e.